The number of carbonyl (C=O) groups is 1. The molecule has 17 heavy (non-hydrogen) atoms. The minimum absolute atomic E-state index is 0.0233. The third-order valence-electron chi connectivity index (χ3n) is 3.19. The maximum atomic E-state index is 12.2. The first-order valence-corrected chi connectivity index (χ1v) is 5.98. The molecule has 0 bridgehead atoms. The Morgan fingerprint density at radius 3 is 2.94 bits per heavy atom. The van der Waals surface area contributed by atoms with Crippen LogP contribution >= 0.6 is 0 Å². The standard InChI is InChI=1S/C11H16N4O2/c16-11(14-3-5-17-6-4-14)9-8-15-2-1-12-7-10(15)13-9/h8,12H,1-7H2. The molecule has 3 rings (SSSR count). The van der Waals surface area contributed by atoms with Crippen molar-refractivity contribution in [3.63, 3.8) is 0 Å². The van der Waals surface area contributed by atoms with E-state index in [1.54, 1.807) is 0 Å². The summed E-state index contributed by atoms with van der Waals surface area (Å²) in [4.78, 5) is 18.4. The number of hydrogen-bond donors (Lipinski definition) is 1. The van der Waals surface area contributed by atoms with Crippen LogP contribution in [-0.4, -0.2) is 53.2 Å². The molecular formula is C11H16N4O2. The predicted molar refractivity (Wildman–Crippen MR) is 60.7 cm³/mol. The van der Waals surface area contributed by atoms with Gasteiger partial charge in [-0.2, -0.15) is 0 Å². The van der Waals surface area contributed by atoms with Gasteiger partial charge in [-0.25, -0.2) is 4.98 Å². The summed E-state index contributed by atoms with van der Waals surface area (Å²) >= 11 is 0. The molecule has 3 heterocycles. The molecule has 92 valence electrons. The highest BCUT2D eigenvalue weighted by atomic mass is 16.5. The molecule has 2 aliphatic rings. The number of ether oxygens (including phenoxy) is 1. The Bertz CT molecular complexity index is 400. The van der Waals surface area contributed by atoms with E-state index in [0.29, 0.717) is 32.0 Å². The van der Waals surface area contributed by atoms with Crippen LogP contribution in [0, 0.1) is 0 Å². The van der Waals surface area contributed by atoms with E-state index in [1.807, 2.05) is 11.1 Å². The van der Waals surface area contributed by atoms with Gasteiger partial charge >= 0.3 is 0 Å². The second-order valence-electron chi connectivity index (χ2n) is 4.32. The van der Waals surface area contributed by atoms with Gasteiger partial charge in [-0.1, -0.05) is 0 Å². The van der Waals surface area contributed by atoms with Crippen LogP contribution in [0.25, 0.3) is 0 Å². The fraction of sp³-hybridized carbons (Fsp3) is 0.636. The Morgan fingerprint density at radius 1 is 1.35 bits per heavy atom. The molecule has 2 aliphatic heterocycles. The number of aromatic nitrogens is 2. The monoisotopic (exact) mass is 236 g/mol. The maximum absolute atomic E-state index is 12.2. The zero-order valence-electron chi connectivity index (χ0n) is 9.69. The van der Waals surface area contributed by atoms with Gasteiger partial charge in [0.2, 0.25) is 0 Å². The number of nitrogens with one attached hydrogen (secondary N) is 1. The fourth-order valence-electron chi connectivity index (χ4n) is 2.22. The first-order valence-electron chi connectivity index (χ1n) is 5.98. The minimum Gasteiger partial charge on any atom is -0.378 e. The summed E-state index contributed by atoms with van der Waals surface area (Å²) in [5.74, 6) is 0.975. The summed E-state index contributed by atoms with van der Waals surface area (Å²) in [6.07, 6.45) is 1.87. The fourth-order valence-corrected chi connectivity index (χ4v) is 2.22. The van der Waals surface area contributed by atoms with Gasteiger partial charge in [0.1, 0.15) is 11.5 Å². The molecule has 1 fully saturated rings. The molecular weight excluding hydrogens is 220 g/mol. The summed E-state index contributed by atoms with van der Waals surface area (Å²) in [5, 5.41) is 3.24. The highest BCUT2D eigenvalue weighted by molar-refractivity contribution is 5.92. The Hall–Kier alpha value is -1.40. The zero-order valence-corrected chi connectivity index (χ0v) is 9.69. The van der Waals surface area contributed by atoms with E-state index in [2.05, 4.69) is 14.9 Å². The van der Waals surface area contributed by atoms with Crippen LogP contribution in [-0.2, 0) is 17.8 Å². The Balaban J connectivity index is 1.78. The Labute approximate surface area is 99.6 Å². The average molecular weight is 236 g/mol. The molecule has 0 atom stereocenters. The number of amides is 1. The molecule has 0 spiro atoms. The van der Waals surface area contributed by atoms with E-state index in [-0.39, 0.29) is 5.91 Å². The molecule has 0 saturated carbocycles. The molecule has 6 nitrogen and oxygen atoms in total. The maximum Gasteiger partial charge on any atom is 0.274 e. The van der Waals surface area contributed by atoms with E-state index in [0.717, 1.165) is 25.5 Å². The van der Waals surface area contributed by atoms with Crippen LogP contribution in [0.15, 0.2) is 6.20 Å². The largest absolute Gasteiger partial charge is 0.378 e. The van der Waals surface area contributed by atoms with E-state index in [9.17, 15) is 4.79 Å². The van der Waals surface area contributed by atoms with Gasteiger partial charge in [-0.15, -0.1) is 0 Å². The smallest absolute Gasteiger partial charge is 0.274 e. The van der Waals surface area contributed by atoms with E-state index < -0.39 is 0 Å². The molecule has 1 aromatic heterocycles. The molecule has 0 aliphatic carbocycles. The van der Waals surface area contributed by atoms with Crippen LogP contribution in [0.3, 0.4) is 0 Å². The molecule has 0 radical (unpaired) electrons. The van der Waals surface area contributed by atoms with E-state index in [1.165, 1.54) is 0 Å². The van der Waals surface area contributed by atoms with Gasteiger partial charge in [0.05, 0.1) is 19.8 Å². The predicted octanol–water partition coefficient (Wildman–Crippen LogP) is -0.541. The number of hydrogen-bond acceptors (Lipinski definition) is 4. The van der Waals surface area contributed by atoms with E-state index >= 15 is 0 Å². The summed E-state index contributed by atoms with van der Waals surface area (Å²) < 4.78 is 7.30. The summed E-state index contributed by atoms with van der Waals surface area (Å²) in [5.41, 5.74) is 0.561. The Kier molecular flexibility index (Phi) is 2.82. The van der Waals surface area contributed by atoms with Crippen LogP contribution in [0.1, 0.15) is 16.3 Å². The molecule has 0 unspecified atom stereocenters. The van der Waals surface area contributed by atoms with Crippen LogP contribution in [0.4, 0.5) is 0 Å². The minimum atomic E-state index is 0.0233. The van der Waals surface area contributed by atoms with Crippen molar-refractivity contribution in [3.8, 4) is 0 Å². The van der Waals surface area contributed by atoms with E-state index in [4.69, 9.17) is 4.74 Å². The van der Waals surface area contributed by atoms with Crippen molar-refractivity contribution in [2.75, 3.05) is 32.8 Å². The van der Waals surface area contributed by atoms with Crippen LogP contribution in [0.2, 0.25) is 0 Å². The first kappa shape index (κ1) is 10.7. The lowest BCUT2D eigenvalue weighted by atomic mass is 10.3. The van der Waals surface area contributed by atoms with Crippen LogP contribution in [0.5, 0.6) is 0 Å². The van der Waals surface area contributed by atoms with Gasteiger partial charge in [0.25, 0.3) is 5.91 Å². The second-order valence-corrected chi connectivity index (χ2v) is 4.32. The number of carbonyl (C=O) groups excluding carboxylic acids is 1. The van der Waals surface area contributed by atoms with Crippen molar-refractivity contribution in [2.45, 2.75) is 13.1 Å². The van der Waals surface area contributed by atoms with Gasteiger partial charge in [0, 0.05) is 32.4 Å². The third kappa shape index (κ3) is 2.05. The number of fused-ring (bicyclic) bond motifs is 1. The number of morpholine rings is 1. The summed E-state index contributed by atoms with van der Waals surface area (Å²) in [7, 11) is 0. The second kappa shape index (κ2) is 4.46. The number of imidazole rings is 1. The molecule has 1 saturated heterocycles. The van der Waals surface area contributed by atoms with Crippen molar-refractivity contribution >= 4 is 5.91 Å². The van der Waals surface area contributed by atoms with Gasteiger partial charge in [-0.3, -0.25) is 4.79 Å². The molecule has 1 amide bonds. The molecule has 1 N–H and O–H groups in total. The number of rotatable bonds is 1. The molecule has 1 aromatic rings. The van der Waals surface area contributed by atoms with Crippen molar-refractivity contribution < 1.29 is 9.53 Å². The average Bonchev–Trinajstić information content (AvgIpc) is 2.82. The van der Waals surface area contributed by atoms with Crippen molar-refractivity contribution in [1.29, 1.82) is 0 Å². The van der Waals surface area contributed by atoms with Crippen molar-refractivity contribution in [1.82, 2.24) is 19.8 Å². The lowest BCUT2D eigenvalue weighted by molar-refractivity contribution is 0.0299. The quantitative estimate of drug-likeness (QED) is 0.711. The lowest BCUT2D eigenvalue weighted by Gasteiger charge is -2.25. The van der Waals surface area contributed by atoms with Gasteiger partial charge < -0.3 is 19.5 Å². The summed E-state index contributed by atoms with van der Waals surface area (Å²) in [6.45, 7) is 5.16. The lowest BCUT2D eigenvalue weighted by Crippen LogP contribution is -2.40. The third-order valence-corrected chi connectivity index (χ3v) is 3.19. The highest BCUT2D eigenvalue weighted by Gasteiger charge is 2.22. The normalized spacial score (nSPS) is 20.1. The molecule has 6 heteroatoms. The first-order chi connectivity index (χ1) is 8.34. The summed E-state index contributed by atoms with van der Waals surface area (Å²) in [6, 6.07) is 0. The van der Waals surface area contributed by atoms with Gasteiger partial charge in [-0.05, 0) is 0 Å². The van der Waals surface area contributed by atoms with Crippen molar-refractivity contribution in [3.05, 3.63) is 17.7 Å². The highest BCUT2D eigenvalue weighted by Crippen LogP contribution is 2.10. The zero-order chi connectivity index (χ0) is 11.7. The number of nitrogens with zero attached hydrogens (tertiary/aromatic N) is 3. The molecule has 0 aromatic carbocycles. The van der Waals surface area contributed by atoms with Crippen LogP contribution < -0.4 is 5.32 Å². The van der Waals surface area contributed by atoms with Gasteiger partial charge in [0.15, 0.2) is 0 Å². The topological polar surface area (TPSA) is 59.4 Å². The Morgan fingerprint density at radius 2 is 2.18 bits per heavy atom. The van der Waals surface area contributed by atoms with Crippen molar-refractivity contribution in [2.24, 2.45) is 0 Å². The SMILES string of the molecule is O=C(c1cn2c(n1)CNCC2)N1CCOCC1.